The summed E-state index contributed by atoms with van der Waals surface area (Å²) in [6.07, 6.45) is 1.10. The van der Waals surface area contributed by atoms with Crippen molar-refractivity contribution in [3.05, 3.63) is 40.5 Å². The minimum atomic E-state index is 0.0924. The minimum absolute atomic E-state index is 0.0924. The van der Waals surface area contributed by atoms with E-state index in [2.05, 4.69) is 35.5 Å². The fourth-order valence-corrected chi connectivity index (χ4v) is 4.08. The molecule has 0 saturated carbocycles. The van der Waals surface area contributed by atoms with E-state index >= 15 is 0 Å². The summed E-state index contributed by atoms with van der Waals surface area (Å²) in [5, 5.41) is 10.5. The maximum Gasteiger partial charge on any atom is 0.277 e. The highest BCUT2D eigenvalue weighted by Crippen LogP contribution is 2.27. The van der Waals surface area contributed by atoms with E-state index in [1.54, 1.807) is 11.3 Å². The number of rotatable bonds is 8. The van der Waals surface area contributed by atoms with Crippen LogP contribution in [-0.2, 0) is 6.54 Å². The molecule has 0 unspecified atom stereocenters. The SMILES string of the molecule is Cc1cc(C(=O)CSc2nnc(-c3cccs3)o2)c(C)n1CCC(C)C. The summed E-state index contributed by atoms with van der Waals surface area (Å²) in [5.74, 6) is 1.53. The van der Waals surface area contributed by atoms with E-state index in [4.69, 9.17) is 4.42 Å². The number of nitrogens with zero attached hydrogens (tertiary/aromatic N) is 3. The molecule has 0 aliphatic rings. The predicted molar refractivity (Wildman–Crippen MR) is 106 cm³/mol. The van der Waals surface area contributed by atoms with Crippen LogP contribution in [0.1, 0.15) is 42.0 Å². The van der Waals surface area contributed by atoms with Gasteiger partial charge in [-0.2, -0.15) is 0 Å². The first-order valence-electron chi connectivity index (χ1n) is 8.65. The number of aromatic nitrogens is 3. The monoisotopic (exact) mass is 389 g/mol. The molecule has 3 aromatic heterocycles. The number of hydrogen-bond donors (Lipinski definition) is 0. The number of carbonyl (C=O) groups excluding carboxylic acids is 1. The standard InChI is InChI=1S/C19H23N3O2S2/c1-12(2)7-8-22-13(3)10-15(14(22)4)16(23)11-26-19-21-20-18(24-19)17-6-5-9-25-17/h5-6,9-10,12H,7-8,11H2,1-4H3. The first kappa shape index (κ1) is 18.9. The Labute approximate surface area is 161 Å². The Morgan fingerprint density at radius 3 is 2.85 bits per heavy atom. The van der Waals surface area contributed by atoms with Crippen LogP contribution in [0.3, 0.4) is 0 Å². The summed E-state index contributed by atoms with van der Waals surface area (Å²) in [5.41, 5.74) is 2.96. The third-order valence-electron chi connectivity index (χ3n) is 4.27. The maximum atomic E-state index is 12.7. The third kappa shape index (κ3) is 4.27. The molecule has 0 saturated heterocycles. The molecule has 3 rings (SSSR count). The van der Waals surface area contributed by atoms with Crippen LogP contribution in [0, 0.1) is 19.8 Å². The van der Waals surface area contributed by atoms with Crippen molar-refractivity contribution in [3.8, 4) is 10.8 Å². The van der Waals surface area contributed by atoms with Gasteiger partial charge in [0.1, 0.15) is 0 Å². The zero-order valence-corrected chi connectivity index (χ0v) is 17.1. The summed E-state index contributed by atoms with van der Waals surface area (Å²) in [4.78, 5) is 13.6. The zero-order valence-electron chi connectivity index (χ0n) is 15.5. The molecular weight excluding hydrogens is 366 g/mol. The first-order valence-corrected chi connectivity index (χ1v) is 10.5. The molecule has 0 aliphatic carbocycles. The van der Waals surface area contributed by atoms with E-state index in [1.165, 1.54) is 11.8 Å². The third-order valence-corrected chi connectivity index (χ3v) is 5.95. The summed E-state index contributed by atoms with van der Waals surface area (Å²) in [6.45, 7) is 9.45. The van der Waals surface area contributed by atoms with Crippen molar-refractivity contribution >= 4 is 28.9 Å². The smallest absolute Gasteiger partial charge is 0.277 e. The fourth-order valence-electron chi connectivity index (χ4n) is 2.79. The highest BCUT2D eigenvalue weighted by atomic mass is 32.2. The molecule has 138 valence electrons. The molecule has 0 bridgehead atoms. The summed E-state index contributed by atoms with van der Waals surface area (Å²) < 4.78 is 7.87. The van der Waals surface area contributed by atoms with Crippen molar-refractivity contribution in [1.82, 2.24) is 14.8 Å². The summed E-state index contributed by atoms with van der Waals surface area (Å²) >= 11 is 2.84. The highest BCUT2D eigenvalue weighted by molar-refractivity contribution is 7.99. The summed E-state index contributed by atoms with van der Waals surface area (Å²) in [6, 6.07) is 5.86. The van der Waals surface area contributed by atoms with Crippen molar-refractivity contribution in [3.63, 3.8) is 0 Å². The van der Waals surface area contributed by atoms with Gasteiger partial charge < -0.3 is 8.98 Å². The Hall–Kier alpha value is -1.86. The van der Waals surface area contributed by atoms with Gasteiger partial charge in [0.05, 0.1) is 10.6 Å². The van der Waals surface area contributed by atoms with Crippen molar-refractivity contribution < 1.29 is 9.21 Å². The van der Waals surface area contributed by atoms with E-state index in [1.807, 2.05) is 30.5 Å². The molecule has 0 radical (unpaired) electrons. The van der Waals surface area contributed by atoms with Gasteiger partial charge in [0.25, 0.3) is 11.1 Å². The molecule has 0 aliphatic heterocycles. The van der Waals surface area contributed by atoms with Gasteiger partial charge in [-0.05, 0) is 43.7 Å². The van der Waals surface area contributed by atoms with Crippen LogP contribution in [0.2, 0.25) is 0 Å². The van der Waals surface area contributed by atoms with Crippen molar-refractivity contribution in [1.29, 1.82) is 0 Å². The molecule has 0 fully saturated rings. The number of carbonyl (C=O) groups is 1. The lowest BCUT2D eigenvalue weighted by atomic mass is 10.1. The Morgan fingerprint density at radius 1 is 1.35 bits per heavy atom. The second kappa shape index (κ2) is 8.22. The molecule has 26 heavy (non-hydrogen) atoms. The average molecular weight is 390 g/mol. The first-order chi connectivity index (χ1) is 12.5. The number of thioether (sulfide) groups is 1. The molecule has 0 aromatic carbocycles. The normalized spacial score (nSPS) is 11.4. The Morgan fingerprint density at radius 2 is 2.15 bits per heavy atom. The quantitative estimate of drug-likeness (QED) is 0.389. The fraction of sp³-hybridized carbons (Fsp3) is 0.421. The number of Topliss-reactive ketones (excluding diaryl/α,β-unsaturated/α-hetero) is 1. The van der Waals surface area contributed by atoms with Crippen molar-refractivity contribution in [2.45, 2.75) is 45.9 Å². The van der Waals surface area contributed by atoms with Crippen LogP contribution >= 0.6 is 23.1 Å². The van der Waals surface area contributed by atoms with Crippen molar-refractivity contribution in [2.24, 2.45) is 5.92 Å². The highest BCUT2D eigenvalue weighted by Gasteiger charge is 2.18. The predicted octanol–water partition coefficient (Wildman–Crippen LogP) is 5.24. The lowest BCUT2D eigenvalue weighted by Gasteiger charge is -2.11. The Kier molecular flexibility index (Phi) is 5.98. The van der Waals surface area contributed by atoms with Gasteiger partial charge in [-0.15, -0.1) is 21.5 Å². The second-order valence-electron chi connectivity index (χ2n) is 6.68. The van der Waals surface area contributed by atoms with Crippen LogP contribution in [0.5, 0.6) is 0 Å². The van der Waals surface area contributed by atoms with Gasteiger partial charge in [0.15, 0.2) is 5.78 Å². The molecular formula is C19H23N3O2S2. The molecule has 3 aromatic rings. The van der Waals surface area contributed by atoms with Gasteiger partial charge >= 0.3 is 0 Å². The lowest BCUT2D eigenvalue weighted by molar-refractivity contribution is 0.102. The molecule has 0 amide bonds. The molecule has 0 spiro atoms. The van der Waals surface area contributed by atoms with Gasteiger partial charge in [0.2, 0.25) is 0 Å². The van der Waals surface area contributed by atoms with E-state index in [9.17, 15) is 4.79 Å². The number of aryl methyl sites for hydroxylation is 1. The van der Waals surface area contributed by atoms with Gasteiger partial charge in [-0.3, -0.25) is 4.79 Å². The Bertz CT molecular complexity index is 879. The van der Waals surface area contributed by atoms with Crippen LogP contribution in [-0.4, -0.2) is 26.3 Å². The van der Waals surface area contributed by atoms with E-state index in [0.717, 1.165) is 34.8 Å². The van der Waals surface area contributed by atoms with E-state index < -0.39 is 0 Å². The van der Waals surface area contributed by atoms with Crippen LogP contribution in [0.4, 0.5) is 0 Å². The minimum Gasteiger partial charge on any atom is -0.410 e. The molecule has 5 nitrogen and oxygen atoms in total. The number of hydrogen-bond acceptors (Lipinski definition) is 6. The topological polar surface area (TPSA) is 60.9 Å². The Balaban J connectivity index is 1.64. The van der Waals surface area contributed by atoms with Crippen LogP contribution in [0.15, 0.2) is 33.2 Å². The van der Waals surface area contributed by atoms with Gasteiger partial charge in [0, 0.05) is 23.5 Å². The number of ketones is 1. The van der Waals surface area contributed by atoms with Gasteiger partial charge in [-0.25, -0.2) is 0 Å². The van der Waals surface area contributed by atoms with Gasteiger partial charge in [-0.1, -0.05) is 31.7 Å². The lowest BCUT2D eigenvalue weighted by Crippen LogP contribution is -2.08. The maximum absolute atomic E-state index is 12.7. The zero-order chi connectivity index (χ0) is 18.7. The van der Waals surface area contributed by atoms with E-state index in [-0.39, 0.29) is 5.78 Å². The molecule has 0 N–H and O–H groups in total. The molecule has 0 atom stereocenters. The second-order valence-corrected chi connectivity index (χ2v) is 8.56. The molecule has 3 heterocycles. The van der Waals surface area contributed by atoms with E-state index in [0.29, 0.717) is 22.8 Å². The largest absolute Gasteiger partial charge is 0.410 e. The van der Waals surface area contributed by atoms with Crippen LogP contribution < -0.4 is 0 Å². The average Bonchev–Trinajstić information content (AvgIpc) is 3.32. The summed E-state index contributed by atoms with van der Waals surface area (Å²) in [7, 11) is 0. The number of thiophene rings is 1. The van der Waals surface area contributed by atoms with Crippen LogP contribution in [0.25, 0.3) is 10.8 Å². The van der Waals surface area contributed by atoms with Crippen molar-refractivity contribution in [2.75, 3.05) is 5.75 Å². The molecule has 7 heteroatoms.